The van der Waals surface area contributed by atoms with Crippen molar-refractivity contribution in [2.45, 2.75) is 37.8 Å². The minimum atomic E-state index is -0.406. The van der Waals surface area contributed by atoms with Crippen LogP contribution in [0.1, 0.15) is 36.4 Å². The number of rotatable bonds is 5. The molecule has 0 spiro atoms. The van der Waals surface area contributed by atoms with Crippen LogP contribution in [0.5, 0.6) is 0 Å². The van der Waals surface area contributed by atoms with E-state index in [1.807, 2.05) is 23.5 Å². The SMILES string of the molecule is O=C(Cc1cncnc1)N1CCC(C(O)CC2c3ccccc3-c3cncn32)CC1. The van der Waals surface area contributed by atoms with Gasteiger partial charge in [-0.2, -0.15) is 0 Å². The van der Waals surface area contributed by atoms with E-state index in [9.17, 15) is 9.90 Å². The van der Waals surface area contributed by atoms with Gasteiger partial charge in [-0.3, -0.25) is 4.79 Å². The van der Waals surface area contributed by atoms with Gasteiger partial charge < -0.3 is 14.6 Å². The van der Waals surface area contributed by atoms with E-state index in [1.54, 1.807) is 12.4 Å². The van der Waals surface area contributed by atoms with E-state index in [0.717, 1.165) is 24.1 Å². The Balaban J connectivity index is 1.20. The third-order valence-corrected chi connectivity index (χ3v) is 6.47. The summed E-state index contributed by atoms with van der Waals surface area (Å²) in [5, 5.41) is 11.0. The number of likely N-dealkylation sites (tertiary alicyclic amines) is 1. The molecule has 1 N–H and O–H groups in total. The van der Waals surface area contributed by atoms with Crippen molar-refractivity contribution in [3.8, 4) is 11.3 Å². The lowest BCUT2D eigenvalue weighted by molar-refractivity contribution is -0.132. The molecule has 4 heterocycles. The van der Waals surface area contributed by atoms with Crippen LogP contribution in [0.25, 0.3) is 11.3 Å². The van der Waals surface area contributed by atoms with Gasteiger partial charge in [-0.25, -0.2) is 15.0 Å². The minimum absolute atomic E-state index is 0.102. The molecule has 0 saturated carbocycles. The topological polar surface area (TPSA) is 84.1 Å². The first-order valence-corrected chi connectivity index (χ1v) is 10.5. The molecule has 2 aliphatic rings. The number of carbonyl (C=O) groups excluding carboxylic acids is 1. The number of hydrogen-bond donors (Lipinski definition) is 1. The van der Waals surface area contributed by atoms with Crippen molar-refractivity contribution in [1.29, 1.82) is 0 Å². The number of benzene rings is 1. The lowest BCUT2D eigenvalue weighted by atomic mass is 9.86. The predicted molar refractivity (Wildman–Crippen MR) is 111 cm³/mol. The summed E-state index contributed by atoms with van der Waals surface area (Å²) in [6, 6.07) is 8.49. The normalized spacial score (nSPS) is 19.4. The largest absolute Gasteiger partial charge is 0.393 e. The summed E-state index contributed by atoms with van der Waals surface area (Å²) in [4.78, 5) is 26.7. The third kappa shape index (κ3) is 3.50. The van der Waals surface area contributed by atoms with Crippen LogP contribution < -0.4 is 0 Å². The van der Waals surface area contributed by atoms with E-state index in [-0.39, 0.29) is 17.9 Å². The summed E-state index contributed by atoms with van der Waals surface area (Å²) in [5.74, 6) is 0.305. The van der Waals surface area contributed by atoms with E-state index in [1.165, 1.54) is 17.5 Å². The first-order valence-electron chi connectivity index (χ1n) is 10.5. The average Bonchev–Trinajstić information content (AvgIpc) is 3.37. The lowest BCUT2D eigenvalue weighted by Gasteiger charge is -2.35. The maximum Gasteiger partial charge on any atom is 0.227 e. The highest BCUT2D eigenvalue weighted by Crippen LogP contribution is 2.42. The van der Waals surface area contributed by atoms with Gasteiger partial charge in [0, 0.05) is 31.0 Å². The molecule has 0 bridgehead atoms. The standard InChI is InChI=1S/C23H25N5O2/c29-22(10-20-18-3-1-2-4-19(18)21-13-26-15-28(20)21)17-5-7-27(8-6-17)23(30)9-16-11-24-14-25-12-16/h1-4,11-15,17,20,22,29H,5-10H2. The summed E-state index contributed by atoms with van der Waals surface area (Å²) in [5.41, 5.74) is 4.41. The molecule has 2 aliphatic heterocycles. The maximum atomic E-state index is 12.6. The Bertz CT molecular complexity index is 1030. The van der Waals surface area contributed by atoms with Crippen molar-refractivity contribution in [3.05, 3.63) is 66.6 Å². The molecule has 7 nitrogen and oxygen atoms in total. The number of aliphatic hydroxyl groups is 1. The van der Waals surface area contributed by atoms with Gasteiger partial charge in [-0.1, -0.05) is 24.3 Å². The Morgan fingerprint density at radius 3 is 2.67 bits per heavy atom. The first-order chi connectivity index (χ1) is 14.7. The Morgan fingerprint density at radius 2 is 1.87 bits per heavy atom. The molecule has 1 fully saturated rings. The van der Waals surface area contributed by atoms with Gasteiger partial charge in [0.05, 0.1) is 36.8 Å². The second kappa shape index (κ2) is 7.99. The highest BCUT2D eigenvalue weighted by molar-refractivity contribution is 5.78. The lowest BCUT2D eigenvalue weighted by Crippen LogP contribution is -2.42. The molecule has 0 aliphatic carbocycles. The van der Waals surface area contributed by atoms with Gasteiger partial charge in [0.2, 0.25) is 5.91 Å². The van der Waals surface area contributed by atoms with Gasteiger partial charge in [0.25, 0.3) is 0 Å². The number of imidazole rings is 1. The van der Waals surface area contributed by atoms with Crippen LogP contribution in [0.2, 0.25) is 0 Å². The quantitative estimate of drug-likeness (QED) is 0.708. The van der Waals surface area contributed by atoms with Crippen LogP contribution in [-0.2, 0) is 11.2 Å². The molecule has 5 rings (SSSR count). The van der Waals surface area contributed by atoms with Crippen LogP contribution in [0.3, 0.4) is 0 Å². The van der Waals surface area contributed by atoms with Gasteiger partial charge in [-0.05, 0) is 36.3 Å². The van der Waals surface area contributed by atoms with Crippen molar-refractivity contribution in [3.63, 3.8) is 0 Å². The fourth-order valence-electron chi connectivity index (χ4n) is 4.84. The molecule has 1 amide bonds. The predicted octanol–water partition coefficient (Wildman–Crippen LogP) is 2.48. The molecule has 0 radical (unpaired) electrons. The summed E-state index contributed by atoms with van der Waals surface area (Å²) < 4.78 is 2.18. The second-order valence-corrected chi connectivity index (χ2v) is 8.23. The molecule has 1 aromatic carbocycles. The molecule has 154 valence electrons. The van der Waals surface area contributed by atoms with Crippen LogP contribution in [0, 0.1) is 5.92 Å². The first kappa shape index (κ1) is 18.9. The van der Waals surface area contributed by atoms with Crippen LogP contribution >= 0.6 is 0 Å². The number of piperidine rings is 1. The van der Waals surface area contributed by atoms with Gasteiger partial charge in [0.1, 0.15) is 6.33 Å². The van der Waals surface area contributed by atoms with E-state index >= 15 is 0 Å². The highest BCUT2D eigenvalue weighted by Gasteiger charge is 2.33. The summed E-state index contributed by atoms with van der Waals surface area (Å²) in [6.07, 6.45) is 10.8. The Hall–Kier alpha value is -3.06. The molecule has 3 aromatic rings. The molecular formula is C23H25N5O2. The number of fused-ring (bicyclic) bond motifs is 3. The number of aromatic nitrogens is 4. The van der Waals surface area contributed by atoms with Crippen molar-refractivity contribution in [2.75, 3.05) is 13.1 Å². The average molecular weight is 403 g/mol. The number of carbonyl (C=O) groups is 1. The number of aliphatic hydroxyl groups excluding tert-OH is 1. The molecular weight excluding hydrogens is 378 g/mol. The van der Waals surface area contributed by atoms with Gasteiger partial charge in [-0.15, -0.1) is 0 Å². The van der Waals surface area contributed by atoms with Crippen molar-refractivity contribution < 1.29 is 9.90 Å². The second-order valence-electron chi connectivity index (χ2n) is 8.23. The third-order valence-electron chi connectivity index (χ3n) is 6.47. The molecule has 30 heavy (non-hydrogen) atoms. The smallest absolute Gasteiger partial charge is 0.227 e. The zero-order valence-electron chi connectivity index (χ0n) is 16.8. The molecule has 2 aromatic heterocycles. The zero-order valence-corrected chi connectivity index (χ0v) is 16.8. The van der Waals surface area contributed by atoms with Crippen molar-refractivity contribution >= 4 is 5.91 Å². The zero-order chi connectivity index (χ0) is 20.5. The van der Waals surface area contributed by atoms with Crippen LogP contribution in [-0.4, -0.2) is 54.6 Å². The fraction of sp³-hybridized carbons (Fsp3) is 0.391. The number of nitrogens with zero attached hydrogens (tertiary/aromatic N) is 5. The van der Waals surface area contributed by atoms with E-state index in [4.69, 9.17) is 0 Å². The Morgan fingerprint density at radius 1 is 1.10 bits per heavy atom. The van der Waals surface area contributed by atoms with E-state index in [2.05, 4.69) is 37.7 Å². The van der Waals surface area contributed by atoms with Gasteiger partial charge >= 0.3 is 0 Å². The molecule has 7 heteroatoms. The summed E-state index contributed by atoms with van der Waals surface area (Å²) in [6.45, 7) is 1.37. The molecule has 2 atom stereocenters. The van der Waals surface area contributed by atoms with Crippen LogP contribution in [0.15, 0.2) is 55.5 Å². The van der Waals surface area contributed by atoms with Gasteiger partial charge in [0.15, 0.2) is 0 Å². The van der Waals surface area contributed by atoms with E-state index in [0.29, 0.717) is 25.9 Å². The molecule has 2 unspecified atom stereocenters. The fourth-order valence-corrected chi connectivity index (χ4v) is 4.84. The molecule has 1 saturated heterocycles. The minimum Gasteiger partial charge on any atom is -0.393 e. The monoisotopic (exact) mass is 403 g/mol. The van der Waals surface area contributed by atoms with Crippen molar-refractivity contribution in [1.82, 2.24) is 24.4 Å². The number of hydrogen-bond acceptors (Lipinski definition) is 5. The van der Waals surface area contributed by atoms with E-state index < -0.39 is 6.10 Å². The summed E-state index contributed by atoms with van der Waals surface area (Å²) in [7, 11) is 0. The maximum absolute atomic E-state index is 12.6. The van der Waals surface area contributed by atoms with Crippen molar-refractivity contribution in [2.24, 2.45) is 5.92 Å². The summed E-state index contributed by atoms with van der Waals surface area (Å²) >= 11 is 0. The van der Waals surface area contributed by atoms with Crippen LogP contribution in [0.4, 0.5) is 0 Å². The highest BCUT2D eigenvalue weighted by atomic mass is 16.3. The number of amides is 1. The Kier molecular flexibility index (Phi) is 5.04. The Labute approximate surface area is 175 Å².